The summed E-state index contributed by atoms with van der Waals surface area (Å²) < 4.78 is 6.60. The van der Waals surface area contributed by atoms with Crippen molar-refractivity contribution in [3.63, 3.8) is 0 Å². The van der Waals surface area contributed by atoms with Crippen molar-refractivity contribution in [2.24, 2.45) is 0 Å². The van der Waals surface area contributed by atoms with E-state index in [2.05, 4.69) is 57.9 Å². The van der Waals surface area contributed by atoms with Crippen molar-refractivity contribution < 1.29 is 4.42 Å². The second kappa shape index (κ2) is 5.23. The minimum Gasteiger partial charge on any atom is -0.423 e. The molecule has 0 bridgehead atoms. The first-order chi connectivity index (χ1) is 11.0. The van der Waals surface area contributed by atoms with Gasteiger partial charge >= 0.3 is 5.63 Å². The molecular formula is C19H14INO2. The Morgan fingerprint density at radius 3 is 2.48 bits per heavy atom. The van der Waals surface area contributed by atoms with Gasteiger partial charge < -0.3 is 9.40 Å². The summed E-state index contributed by atoms with van der Waals surface area (Å²) in [5, 5.41) is 2.09. The van der Waals surface area contributed by atoms with Crippen molar-refractivity contribution in [1.29, 1.82) is 0 Å². The van der Waals surface area contributed by atoms with E-state index >= 15 is 0 Å². The van der Waals surface area contributed by atoms with Crippen LogP contribution in [0.1, 0.15) is 11.1 Å². The predicted octanol–water partition coefficient (Wildman–Crippen LogP) is 5.16. The van der Waals surface area contributed by atoms with Crippen LogP contribution in [0.4, 0.5) is 0 Å². The van der Waals surface area contributed by atoms with Gasteiger partial charge in [-0.2, -0.15) is 0 Å². The van der Waals surface area contributed by atoms with Gasteiger partial charge in [-0.05, 0) is 77.4 Å². The number of halogens is 1. The van der Waals surface area contributed by atoms with Crippen molar-refractivity contribution in [3.8, 4) is 11.3 Å². The molecule has 0 unspecified atom stereocenters. The first-order valence-corrected chi connectivity index (χ1v) is 8.43. The molecule has 4 rings (SSSR count). The predicted molar refractivity (Wildman–Crippen MR) is 102 cm³/mol. The van der Waals surface area contributed by atoms with Crippen LogP contribution in [0.2, 0.25) is 0 Å². The molecule has 23 heavy (non-hydrogen) atoms. The third-order valence-electron chi connectivity index (χ3n) is 4.17. The second-order valence-corrected chi connectivity index (χ2v) is 7.04. The molecule has 0 amide bonds. The molecule has 4 aromatic rings. The van der Waals surface area contributed by atoms with Crippen LogP contribution in [-0.2, 0) is 0 Å². The van der Waals surface area contributed by atoms with Gasteiger partial charge in [0.25, 0.3) is 0 Å². The van der Waals surface area contributed by atoms with Crippen LogP contribution >= 0.6 is 22.6 Å². The SMILES string of the molecule is Cc1cc2oc(=O)cc(C)c2c2cc(-c3ccc(I)cc3)[nH]c12. The fraction of sp³-hybridized carbons (Fsp3) is 0.105. The molecule has 0 aliphatic rings. The van der Waals surface area contributed by atoms with Crippen molar-refractivity contribution in [1.82, 2.24) is 4.98 Å². The second-order valence-electron chi connectivity index (χ2n) is 5.79. The van der Waals surface area contributed by atoms with E-state index in [1.165, 1.54) is 3.57 Å². The Morgan fingerprint density at radius 2 is 1.74 bits per heavy atom. The third kappa shape index (κ3) is 2.37. The van der Waals surface area contributed by atoms with E-state index < -0.39 is 0 Å². The van der Waals surface area contributed by atoms with Crippen molar-refractivity contribution in [3.05, 3.63) is 67.6 Å². The van der Waals surface area contributed by atoms with Crippen LogP contribution in [-0.4, -0.2) is 4.98 Å². The largest absolute Gasteiger partial charge is 0.423 e. The Kier molecular flexibility index (Phi) is 3.30. The van der Waals surface area contributed by atoms with Gasteiger partial charge in [0.05, 0.1) is 0 Å². The average Bonchev–Trinajstić information content (AvgIpc) is 2.92. The number of benzene rings is 2. The molecule has 114 valence electrons. The van der Waals surface area contributed by atoms with E-state index in [1.807, 2.05) is 19.9 Å². The van der Waals surface area contributed by atoms with Gasteiger partial charge in [0.2, 0.25) is 0 Å². The van der Waals surface area contributed by atoms with Gasteiger partial charge in [-0.3, -0.25) is 0 Å². The lowest BCUT2D eigenvalue weighted by Crippen LogP contribution is -1.98. The standard InChI is InChI=1S/C19H14INO2/c1-10-8-17(22)23-16-7-11(2)19-14(18(10)16)9-15(21-19)12-3-5-13(20)6-4-12/h3-9,21H,1-2H3. The third-order valence-corrected chi connectivity index (χ3v) is 4.89. The molecule has 0 aliphatic carbocycles. The van der Waals surface area contributed by atoms with Crippen molar-refractivity contribution in [2.45, 2.75) is 13.8 Å². The summed E-state index contributed by atoms with van der Waals surface area (Å²) in [6.07, 6.45) is 0. The summed E-state index contributed by atoms with van der Waals surface area (Å²) in [6.45, 7) is 3.98. The fourth-order valence-electron chi connectivity index (χ4n) is 3.10. The summed E-state index contributed by atoms with van der Waals surface area (Å²) in [4.78, 5) is 15.1. The first kappa shape index (κ1) is 14.5. The minimum absolute atomic E-state index is 0.304. The molecule has 0 fully saturated rings. The van der Waals surface area contributed by atoms with Crippen LogP contribution in [0.15, 0.2) is 51.7 Å². The zero-order valence-corrected chi connectivity index (χ0v) is 14.9. The lowest BCUT2D eigenvalue weighted by Gasteiger charge is -2.04. The minimum atomic E-state index is -0.304. The Labute approximate surface area is 146 Å². The monoisotopic (exact) mass is 415 g/mol. The highest BCUT2D eigenvalue weighted by atomic mass is 127. The molecule has 0 aliphatic heterocycles. The Bertz CT molecular complexity index is 1100. The molecule has 2 heterocycles. The van der Waals surface area contributed by atoms with Crippen LogP contribution < -0.4 is 5.63 Å². The van der Waals surface area contributed by atoms with Crippen molar-refractivity contribution >= 4 is 44.5 Å². The maximum absolute atomic E-state index is 11.6. The van der Waals surface area contributed by atoms with Gasteiger partial charge in [-0.15, -0.1) is 0 Å². The van der Waals surface area contributed by atoms with Crippen LogP contribution in [0.5, 0.6) is 0 Å². The number of aromatic nitrogens is 1. The summed E-state index contributed by atoms with van der Waals surface area (Å²) in [5.74, 6) is 0. The van der Waals surface area contributed by atoms with Crippen molar-refractivity contribution in [2.75, 3.05) is 0 Å². The van der Waals surface area contributed by atoms with Gasteiger partial charge in [-0.25, -0.2) is 4.79 Å². The Hall–Kier alpha value is -2.08. The number of nitrogens with one attached hydrogen (secondary N) is 1. The van der Waals surface area contributed by atoms with E-state index in [0.717, 1.165) is 38.7 Å². The summed E-state index contributed by atoms with van der Waals surface area (Å²) in [7, 11) is 0. The van der Waals surface area contributed by atoms with Crippen LogP contribution in [0.3, 0.4) is 0 Å². The van der Waals surface area contributed by atoms with Gasteiger partial charge in [-0.1, -0.05) is 12.1 Å². The van der Waals surface area contributed by atoms with E-state index in [4.69, 9.17) is 4.42 Å². The molecule has 4 heteroatoms. The molecule has 0 atom stereocenters. The van der Waals surface area contributed by atoms with Gasteiger partial charge in [0.1, 0.15) is 5.58 Å². The highest BCUT2D eigenvalue weighted by Crippen LogP contribution is 2.33. The summed E-state index contributed by atoms with van der Waals surface area (Å²) >= 11 is 2.30. The van der Waals surface area contributed by atoms with E-state index in [9.17, 15) is 4.79 Å². The van der Waals surface area contributed by atoms with Gasteiger partial charge in [0, 0.05) is 31.6 Å². The number of hydrogen-bond acceptors (Lipinski definition) is 2. The smallest absolute Gasteiger partial charge is 0.336 e. The molecular weight excluding hydrogens is 401 g/mol. The Balaban J connectivity index is 2.08. The molecule has 2 aromatic carbocycles. The zero-order chi connectivity index (χ0) is 16.1. The molecule has 1 N–H and O–H groups in total. The lowest BCUT2D eigenvalue weighted by atomic mass is 10.0. The fourth-order valence-corrected chi connectivity index (χ4v) is 3.46. The Morgan fingerprint density at radius 1 is 1.00 bits per heavy atom. The molecule has 0 spiro atoms. The number of rotatable bonds is 1. The molecule has 0 saturated heterocycles. The van der Waals surface area contributed by atoms with Gasteiger partial charge in [0.15, 0.2) is 0 Å². The summed E-state index contributed by atoms with van der Waals surface area (Å²) in [6, 6.07) is 14.0. The first-order valence-electron chi connectivity index (χ1n) is 7.35. The highest BCUT2D eigenvalue weighted by Gasteiger charge is 2.13. The number of H-pyrrole nitrogens is 1. The molecule has 0 saturated carbocycles. The van der Waals surface area contributed by atoms with Crippen LogP contribution in [0, 0.1) is 17.4 Å². The highest BCUT2D eigenvalue weighted by molar-refractivity contribution is 14.1. The van der Waals surface area contributed by atoms with E-state index in [-0.39, 0.29) is 5.63 Å². The number of aromatic amines is 1. The van der Waals surface area contributed by atoms with Crippen LogP contribution in [0.25, 0.3) is 33.1 Å². The number of fused-ring (bicyclic) bond motifs is 3. The number of hydrogen-bond donors (Lipinski definition) is 1. The molecule has 3 nitrogen and oxygen atoms in total. The normalized spacial score (nSPS) is 11.4. The maximum Gasteiger partial charge on any atom is 0.336 e. The molecule has 2 aromatic heterocycles. The molecule has 0 radical (unpaired) electrons. The van der Waals surface area contributed by atoms with E-state index in [0.29, 0.717) is 5.58 Å². The zero-order valence-electron chi connectivity index (χ0n) is 12.7. The van der Waals surface area contributed by atoms with E-state index in [1.54, 1.807) is 6.07 Å². The quantitative estimate of drug-likeness (QED) is 0.345. The average molecular weight is 415 g/mol. The topological polar surface area (TPSA) is 46.0 Å². The summed E-state index contributed by atoms with van der Waals surface area (Å²) in [5.41, 5.74) is 5.65. The number of aryl methyl sites for hydroxylation is 2. The lowest BCUT2D eigenvalue weighted by molar-refractivity contribution is 0.560. The maximum atomic E-state index is 11.6.